The van der Waals surface area contributed by atoms with Crippen molar-refractivity contribution in [2.24, 2.45) is 0 Å². The molecule has 0 amide bonds. The molecule has 0 saturated carbocycles. The fourth-order valence-electron chi connectivity index (χ4n) is 2.90. The van der Waals surface area contributed by atoms with Gasteiger partial charge in [-0.3, -0.25) is 0 Å². The van der Waals surface area contributed by atoms with E-state index in [2.05, 4.69) is 41.6 Å². The maximum atomic E-state index is 10.5. The van der Waals surface area contributed by atoms with Crippen molar-refractivity contribution >= 4 is 11.5 Å². The SMILES string of the molecule is CC(C)c1nnsc1C(O)Cc1ccc2c(c1)CCC2. The molecule has 1 aromatic carbocycles. The third-order valence-electron chi connectivity index (χ3n) is 3.98. The van der Waals surface area contributed by atoms with Crippen molar-refractivity contribution < 1.29 is 5.11 Å². The first-order valence-corrected chi connectivity index (χ1v) is 8.03. The minimum Gasteiger partial charge on any atom is -0.387 e. The van der Waals surface area contributed by atoms with E-state index in [4.69, 9.17) is 0 Å². The van der Waals surface area contributed by atoms with E-state index in [-0.39, 0.29) is 0 Å². The number of benzene rings is 1. The molecule has 1 aliphatic carbocycles. The zero-order valence-corrected chi connectivity index (χ0v) is 12.8. The summed E-state index contributed by atoms with van der Waals surface area (Å²) in [6.07, 6.45) is 3.80. The summed E-state index contributed by atoms with van der Waals surface area (Å²) in [4.78, 5) is 0.917. The molecule has 0 spiro atoms. The molecule has 0 fully saturated rings. The highest BCUT2D eigenvalue weighted by atomic mass is 32.1. The Hall–Kier alpha value is -1.26. The fraction of sp³-hybridized carbons (Fsp3) is 0.500. The number of aryl methyl sites for hydroxylation is 2. The van der Waals surface area contributed by atoms with Gasteiger partial charge in [0.15, 0.2) is 0 Å². The standard InChI is InChI=1S/C16H20N2OS/c1-10(2)15-16(20-18-17-15)14(19)9-11-6-7-12-4-3-5-13(12)8-11/h6-8,10,14,19H,3-5,9H2,1-2H3. The number of aromatic nitrogens is 2. The van der Waals surface area contributed by atoms with Gasteiger partial charge in [-0.15, -0.1) is 5.10 Å². The first-order chi connectivity index (χ1) is 9.65. The van der Waals surface area contributed by atoms with Crippen LogP contribution in [-0.4, -0.2) is 14.7 Å². The second-order valence-corrected chi connectivity index (χ2v) is 6.64. The van der Waals surface area contributed by atoms with Gasteiger partial charge < -0.3 is 5.11 Å². The van der Waals surface area contributed by atoms with Crippen molar-refractivity contribution in [3.8, 4) is 0 Å². The van der Waals surface area contributed by atoms with Crippen LogP contribution in [0.3, 0.4) is 0 Å². The van der Waals surface area contributed by atoms with E-state index in [9.17, 15) is 5.11 Å². The topological polar surface area (TPSA) is 46.0 Å². The smallest absolute Gasteiger partial charge is 0.0957 e. The largest absolute Gasteiger partial charge is 0.387 e. The number of hydrogen-bond acceptors (Lipinski definition) is 4. The van der Waals surface area contributed by atoms with Crippen LogP contribution in [0.15, 0.2) is 18.2 Å². The Labute approximate surface area is 123 Å². The Morgan fingerprint density at radius 2 is 2.05 bits per heavy atom. The van der Waals surface area contributed by atoms with E-state index in [1.54, 1.807) is 0 Å². The predicted molar refractivity (Wildman–Crippen MR) is 81.1 cm³/mol. The normalized spacial score (nSPS) is 15.6. The van der Waals surface area contributed by atoms with Crippen LogP contribution in [0.1, 0.15) is 59.6 Å². The summed E-state index contributed by atoms with van der Waals surface area (Å²) in [7, 11) is 0. The lowest BCUT2D eigenvalue weighted by atomic mass is 9.99. The molecule has 1 aromatic heterocycles. The molecule has 0 saturated heterocycles. The molecule has 0 bridgehead atoms. The Bertz CT molecular complexity index is 606. The number of fused-ring (bicyclic) bond motifs is 1. The molecular weight excluding hydrogens is 268 g/mol. The molecule has 1 N–H and O–H groups in total. The summed E-state index contributed by atoms with van der Waals surface area (Å²) >= 11 is 1.32. The van der Waals surface area contributed by atoms with E-state index in [0.29, 0.717) is 12.3 Å². The fourth-order valence-corrected chi connectivity index (χ4v) is 3.70. The number of aliphatic hydroxyl groups is 1. The first-order valence-electron chi connectivity index (χ1n) is 7.26. The van der Waals surface area contributed by atoms with Gasteiger partial charge >= 0.3 is 0 Å². The minimum atomic E-state index is -0.494. The van der Waals surface area contributed by atoms with Crippen LogP contribution in [0.25, 0.3) is 0 Å². The summed E-state index contributed by atoms with van der Waals surface area (Å²) in [6.45, 7) is 4.17. The van der Waals surface area contributed by atoms with Crippen LogP contribution in [-0.2, 0) is 19.3 Å². The van der Waals surface area contributed by atoms with Gasteiger partial charge in [-0.2, -0.15) is 0 Å². The van der Waals surface area contributed by atoms with E-state index in [0.717, 1.165) is 10.6 Å². The molecule has 4 heteroatoms. The van der Waals surface area contributed by atoms with Crippen molar-refractivity contribution in [1.29, 1.82) is 0 Å². The molecule has 3 nitrogen and oxygen atoms in total. The number of nitrogens with zero attached hydrogens (tertiary/aromatic N) is 2. The van der Waals surface area contributed by atoms with E-state index >= 15 is 0 Å². The van der Waals surface area contributed by atoms with Crippen LogP contribution in [0.5, 0.6) is 0 Å². The summed E-state index contributed by atoms with van der Waals surface area (Å²) in [5.74, 6) is 0.304. The van der Waals surface area contributed by atoms with Gasteiger partial charge in [0.2, 0.25) is 0 Å². The molecule has 1 heterocycles. The maximum Gasteiger partial charge on any atom is 0.0957 e. The molecule has 0 radical (unpaired) electrons. The zero-order chi connectivity index (χ0) is 14.1. The summed E-state index contributed by atoms with van der Waals surface area (Å²) in [5.41, 5.74) is 5.08. The second kappa shape index (κ2) is 5.62. The zero-order valence-electron chi connectivity index (χ0n) is 12.0. The van der Waals surface area contributed by atoms with Gasteiger partial charge in [0.1, 0.15) is 0 Å². The van der Waals surface area contributed by atoms with Gasteiger partial charge in [0.25, 0.3) is 0 Å². The average molecular weight is 288 g/mol. The highest BCUT2D eigenvalue weighted by molar-refractivity contribution is 7.05. The lowest BCUT2D eigenvalue weighted by molar-refractivity contribution is 0.180. The number of hydrogen-bond donors (Lipinski definition) is 1. The molecule has 106 valence electrons. The molecule has 3 rings (SSSR count). The Morgan fingerprint density at radius 1 is 1.25 bits per heavy atom. The number of rotatable bonds is 4. The van der Waals surface area contributed by atoms with Crippen molar-refractivity contribution in [2.75, 3.05) is 0 Å². The third-order valence-corrected chi connectivity index (χ3v) is 4.82. The van der Waals surface area contributed by atoms with Gasteiger partial charge in [-0.05, 0) is 53.4 Å². The highest BCUT2D eigenvalue weighted by Crippen LogP contribution is 2.30. The third kappa shape index (κ3) is 2.63. The average Bonchev–Trinajstić information content (AvgIpc) is 3.06. The van der Waals surface area contributed by atoms with Crippen molar-refractivity contribution in [2.45, 2.75) is 51.6 Å². The van der Waals surface area contributed by atoms with Crippen LogP contribution in [0.2, 0.25) is 0 Å². The van der Waals surface area contributed by atoms with Crippen molar-refractivity contribution in [3.05, 3.63) is 45.5 Å². The lowest BCUT2D eigenvalue weighted by Crippen LogP contribution is -2.04. The highest BCUT2D eigenvalue weighted by Gasteiger charge is 2.20. The molecule has 20 heavy (non-hydrogen) atoms. The molecule has 1 atom stereocenters. The first kappa shape index (κ1) is 13.7. The minimum absolute atomic E-state index is 0.304. The lowest BCUT2D eigenvalue weighted by Gasteiger charge is -2.12. The Balaban J connectivity index is 1.78. The quantitative estimate of drug-likeness (QED) is 0.937. The predicted octanol–water partition coefficient (Wildman–Crippen LogP) is 3.43. The van der Waals surface area contributed by atoms with Crippen molar-refractivity contribution in [3.63, 3.8) is 0 Å². The van der Waals surface area contributed by atoms with Gasteiger partial charge in [-0.25, -0.2) is 0 Å². The Morgan fingerprint density at radius 3 is 2.85 bits per heavy atom. The molecule has 0 aliphatic heterocycles. The van der Waals surface area contributed by atoms with Crippen LogP contribution in [0.4, 0.5) is 0 Å². The molecule has 1 aliphatic rings. The van der Waals surface area contributed by atoms with E-state index in [1.807, 2.05) is 0 Å². The van der Waals surface area contributed by atoms with E-state index in [1.165, 1.54) is 47.5 Å². The van der Waals surface area contributed by atoms with E-state index < -0.39 is 6.10 Å². The summed E-state index contributed by atoms with van der Waals surface area (Å²) < 4.78 is 4.00. The molecule has 2 aromatic rings. The van der Waals surface area contributed by atoms with Gasteiger partial charge in [0, 0.05) is 6.42 Å². The molecular formula is C16H20N2OS. The molecule has 1 unspecified atom stereocenters. The maximum absolute atomic E-state index is 10.5. The second-order valence-electron chi connectivity index (χ2n) is 5.85. The number of aliphatic hydroxyl groups excluding tert-OH is 1. The van der Waals surface area contributed by atoms with Crippen LogP contribution in [0, 0.1) is 0 Å². The Kier molecular flexibility index (Phi) is 3.85. The van der Waals surface area contributed by atoms with Crippen LogP contribution < -0.4 is 0 Å². The van der Waals surface area contributed by atoms with Gasteiger partial charge in [0.05, 0.1) is 16.7 Å². The summed E-state index contributed by atoms with van der Waals surface area (Å²) in [6, 6.07) is 6.63. The van der Waals surface area contributed by atoms with Gasteiger partial charge in [-0.1, -0.05) is 36.5 Å². The monoisotopic (exact) mass is 288 g/mol. The summed E-state index contributed by atoms with van der Waals surface area (Å²) in [5, 5.41) is 14.6. The van der Waals surface area contributed by atoms with Crippen LogP contribution >= 0.6 is 11.5 Å². The van der Waals surface area contributed by atoms with Crippen molar-refractivity contribution in [1.82, 2.24) is 9.59 Å².